The molecular weight excluding hydrogens is 333 g/mol. The van der Waals surface area contributed by atoms with Gasteiger partial charge in [-0.15, -0.1) is 11.3 Å². The predicted octanol–water partition coefficient (Wildman–Crippen LogP) is 3.16. The van der Waals surface area contributed by atoms with Crippen LogP contribution < -0.4 is 5.56 Å². The first kappa shape index (κ1) is 14.6. The van der Waals surface area contributed by atoms with Gasteiger partial charge in [0.15, 0.2) is 0 Å². The normalized spacial score (nSPS) is 11.2. The SMILES string of the molecule is Cn1c(=O)c(-c2nc(-c3cccs3)no2)c(O)c2cc(F)ccc21. The number of nitrogens with zero attached hydrogens (tertiary/aromatic N) is 3. The number of thiophene rings is 1. The second-order valence-electron chi connectivity index (χ2n) is 5.15. The van der Waals surface area contributed by atoms with Crippen LogP contribution in [0.4, 0.5) is 4.39 Å². The molecule has 8 heteroatoms. The Kier molecular flexibility index (Phi) is 3.20. The van der Waals surface area contributed by atoms with Crippen LogP contribution in [0, 0.1) is 5.82 Å². The summed E-state index contributed by atoms with van der Waals surface area (Å²) in [6.07, 6.45) is 0. The number of pyridine rings is 1. The molecular formula is C16H10FN3O3S. The van der Waals surface area contributed by atoms with Crippen LogP contribution in [0.2, 0.25) is 0 Å². The van der Waals surface area contributed by atoms with E-state index in [4.69, 9.17) is 4.52 Å². The van der Waals surface area contributed by atoms with E-state index >= 15 is 0 Å². The molecule has 0 amide bonds. The van der Waals surface area contributed by atoms with Gasteiger partial charge in [0, 0.05) is 12.4 Å². The molecule has 0 saturated heterocycles. The van der Waals surface area contributed by atoms with Gasteiger partial charge in [0.2, 0.25) is 5.82 Å². The van der Waals surface area contributed by atoms with Crippen LogP contribution in [0.15, 0.2) is 45.0 Å². The van der Waals surface area contributed by atoms with E-state index in [1.165, 1.54) is 35.1 Å². The van der Waals surface area contributed by atoms with E-state index in [0.717, 1.165) is 10.9 Å². The number of aryl methyl sites for hydroxylation is 1. The van der Waals surface area contributed by atoms with Gasteiger partial charge in [-0.1, -0.05) is 11.2 Å². The number of benzene rings is 1. The molecule has 1 aromatic carbocycles. The minimum Gasteiger partial charge on any atom is -0.506 e. The number of rotatable bonds is 2. The average Bonchev–Trinajstić information content (AvgIpc) is 3.24. The van der Waals surface area contributed by atoms with Crippen molar-refractivity contribution < 1.29 is 14.0 Å². The third-order valence-electron chi connectivity index (χ3n) is 3.71. The van der Waals surface area contributed by atoms with Gasteiger partial charge in [0.05, 0.1) is 10.4 Å². The summed E-state index contributed by atoms with van der Waals surface area (Å²) < 4.78 is 20.0. The highest BCUT2D eigenvalue weighted by Gasteiger charge is 2.22. The summed E-state index contributed by atoms with van der Waals surface area (Å²) in [5.74, 6) is -0.690. The van der Waals surface area contributed by atoms with Gasteiger partial charge in [0.1, 0.15) is 17.1 Å². The second-order valence-corrected chi connectivity index (χ2v) is 6.10. The first-order valence-corrected chi connectivity index (χ1v) is 7.83. The second kappa shape index (κ2) is 5.27. The van der Waals surface area contributed by atoms with Crippen molar-refractivity contribution in [2.75, 3.05) is 0 Å². The molecule has 24 heavy (non-hydrogen) atoms. The van der Waals surface area contributed by atoms with Crippen LogP contribution in [0.1, 0.15) is 0 Å². The monoisotopic (exact) mass is 343 g/mol. The van der Waals surface area contributed by atoms with E-state index < -0.39 is 11.4 Å². The third kappa shape index (κ3) is 2.11. The first-order chi connectivity index (χ1) is 11.6. The lowest BCUT2D eigenvalue weighted by Gasteiger charge is -2.09. The summed E-state index contributed by atoms with van der Waals surface area (Å²) in [6, 6.07) is 7.46. The Labute approximate surface area is 138 Å². The van der Waals surface area contributed by atoms with Crippen molar-refractivity contribution in [3.05, 3.63) is 51.9 Å². The molecule has 3 aromatic heterocycles. The molecule has 0 atom stereocenters. The molecule has 0 aliphatic rings. The van der Waals surface area contributed by atoms with Gasteiger partial charge in [-0.2, -0.15) is 4.98 Å². The predicted molar refractivity (Wildman–Crippen MR) is 87.4 cm³/mol. The van der Waals surface area contributed by atoms with Crippen molar-refractivity contribution in [3.8, 4) is 27.9 Å². The van der Waals surface area contributed by atoms with Gasteiger partial charge in [0.25, 0.3) is 11.4 Å². The maximum atomic E-state index is 13.5. The van der Waals surface area contributed by atoms with Crippen LogP contribution in [0.5, 0.6) is 5.75 Å². The van der Waals surface area contributed by atoms with E-state index in [1.54, 1.807) is 0 Å². The zero-order chi connectivity index (χ0) is 16.8. The lowest BCUT2D eigenvalue weighted by atomic mass is 10.1. The molecule has 0 aliphatic carbocycles. The smallest absolute Gasteiger partial charge is 0.267 e. The van der Waals surface area contributed by atoms with Crippen molar-refractivity contribution in [3.63, 3.8) is 0 Å². The van der Waals surface area contributed by atoms with E-state index in [2.05, 4.69) is 10.1 Å². The fourth-order valence-corrected chi connectivity index (χ4v) is 3.18. The van der Waals surface area contributed by atoms with Crippen LogP contribution in [0.25, 0.3) is 33.1 Å². The number of aromatic hydroxyl groups is 1. The fraction of sp³-hybridized carbons (Fsp3) is 0.0625. The molecule has 0 radical (unpaired) electrons. The molecule has 0 saturated carbocycles. The van der Waals surface area contributed by atoms with Crippen LogP contribution in [0.3, 0.4) is 0 Å². The number of hydrogen-bond acceptors (Lipinski definition) is 6. The largest absolute Gasteiger partial charge is 0.506 e. The van der Waals surface area contributed by atoms with Gasteiger partial charge in [-0.3, -0.25) is 4.79 Å². The molecule has 6 nitrogen and oxygen atoms in total. The molecule has 0 fully saturated rings. The number of fused-ring (bicyclic) bond motifs is 1. The minimum atomic E-state index is -0.521. The Morgan fingerprint density at radius 3 is 2.92 bits per heavy atom. The van der Waals surface area contributed by atoms with Gasteiger partial charge < -0.3 is 14.2 Å². The molecule has 0 unspecified atom stereocenters. The Bertz CT molecular complexity index is 1120. The topological polar surface area (TPSA) is 81.2 Å². The standard InChI is InChI=1S/C16H10FN3O3S/c1-20-10-5-4-8(17)7-9(10)13(21)12(16(20)22)15-18-14(19-23-15)11-3-2-6-24-11/h2-7,21H,1H3. The van der Waals surface area contributed by atoms with E-state index in [1.807, 2.05) is 17.5 Å². The summed E-state index contributed by atoms with van der Waals surface area (Å²) in [4.78, 5) is 17.5. The van der Waals surface area contributed by atoms with Crippen molar-refractivity contribution in [2.24, 2.45) is 7.05 Å². The van der Waals surface area contributed by atoms with E-state index in [0.29, 0.717) is 11.3 Å². The van der Waals surface area contributed by atoms with Gasteiger partial charge in [-0.05, 0) is 29.6 Å². The summed E-state index contributed by atoms with van der Waals surface area (Å²) in [5, 5.41) is 16.4. The highest BCUT2D eigenvalue weighted by Crippen LogP contribution is 2.33. The Hall–Kier alpha value is -3.00. The lowest BCUT2D eigenvalue weighted by Crippen LogP contribution is -2.19. The van der Waals surface area contributed by atoms with Crippen molar-refractivity contribution in [1.29, 1.82) is 0 Å². The molecule has 1 N–H and O–H groups in total. The molecule has 4 aromatic rings. The van der Waals surface area contributed by atoms with Crippen LogP contribution in [-0.2, 0) is 7.05 Å². The zero-order valence-electron chi connectivity index (χ0n) is 12.4. The first-order valence-electron chi connectivity index (χ1n) is 6.95. The Morgan fingerprint density at radius 2 is 2.17 bits per heavy atom. The van der Waals surface area contributed by atoms with Crippen molar-refractivity contribution in [2.45, 2.75) is 0 Å². The molecule has 4 rings (SSSR count). The Morgan fingerprint density at radius 1 is 1.33 bits per heavy atom. The lowest BCUT2D eigenvalue weighted by molar-refractivity contribution is 0.425. The zero-order valence-corrected chi connectivity index (χ0v) is 13.2. The van der Waals surface area contributed by atoms with Crippen molar-refractivity contribution >= 4 is 22.2 Å². The Balaban J connectivity index is 1.99. The molecule has 0 aliphatic heterocycles. The quantitative estimate of drug-likeness (QED) is 0.605. The summed E-state index contributed by atoms with van der Waals surface area (Å²) in [7, 11) is 1.53. The third-order valence-corrected chi connectivity index (χ3v) is 4.58. The van der Waals surface area contributed by atoms with Gasteiger partial charge in [-0.25, -0.2) is 4.39 Å². The molecule has 0 bridgehead atoms. The number of hydrogen-bond donors (Lipinski definition) is 1. The summed E-state index contributed by atoms with van der Waals surface area (Å²) in [5.41, 5.74) is -0.250. The summed E-state index contributed by atoms with van der Waals surface area (Å²) in [6.45, 7) is 0. The molecule has 120 valence electrons. The van der Waals surface area contributed by atoms with E-state index in [9.17, 15) is 14.3 Å². The van der Waals surface area contributed by atoms with Gasteiger partial charge >= 0.3 is 0 Å². The van der Waals surface area contributed by atoms with Crippen molar-refractivity contribution in [1.82, 2.24) is 14.7 Å². The highest BCUT2D eigenvalue weighted by atomic mass is 32.1. The number of halogens is 1. The summed E-state index contributed by atoms with van der Waals surface area (Å²) >= 11 is 1.42. The maximum absolute atomic E-state index is 13.5. The number of aromatic nitrogens is 3. The average molecular weight is 343 g/mol. The molecule has 3 heterocycles. The fourth-order valence-electron chi connectivity index (χ4n) is 2.53. The van der Waals surface area contributed by atoms with Crippen LogP contribution >= 0.6 is 11.3 Å². The minimum absolute atomic E-state index is 0.109. The maximum Gasteiger partial charge on any atom is 0.267 e. The van der Waals surface area contributed by atoms with Crippen LogP contribution in [-0.4, -0.2) is 19.8 Å². The highest BCUT2D eigenvalue weighted by molar-refractivity contribution is 7.13. The molecule has 0 spiro atoms. The van der Waals surface area contributed by atoms with E-state index in [-0.39, 0.29) is 22.6 Å².